The van der Waals surface area contributed by atoms with Crippen LogP contribution in [0.5, 0.6) is 0 Å². The van der Waals surface area contributed by atoms with Crippen molar-refractivity contribution in [3.8, 4) is 0 Å². The lowest BCUT2D eigenvalue weighted by molar-refractivity contribution is -0.192. The molecule has 1 aromatic rings. The molecule has 3 heterocycles. The van der Waals surface area contributed by atoms with Crippen molar-refractivity contribution >= 4 is 17.8 Å². The summed E-state index contributed by atoms with van der Waals surface area (Å²) in [6.07, 6.45) is -1.04. The number of anilines is 1. The number of amides is 1. The van der Waals surface area contributed by atoms with Crippen LogP contribution < -0.4 is 4.90 Å². The minimum absolute atomic E-state index is 0.0306. The molecule has 2 aliphatic rings. The Hall–Kier alpha value is -2.50. The number of carboxylic acids is 1. The van der Waals surface area contributed by atoms with Crippen LogP contribution in [0.15, 0.2) is 12.4 Å². The van der Waals surface area contributed by atoms with E-state index in [1.54, 1.807) is 19.0 Å². The predicted octanol–water partition coefficient (Wildman–Crippen LogP) is 1.57. The highest BCUT2D eigenvalue weighted by Gasteiger charge is 2.42. The number of carbonyl (C=O) groups is 2. The fourth-order valence-corrected chi connectivity index (χ4v) is 3.40. The van der Waals surface area contributed by atoms with Gasteiger partial charge in [-0.15, -0.1) is 0 Å². The molecular formula is C17H22F4N4O4. The maximum absolute atomic E-state index is 13.0. The molecule has 1 N–H and O–H groups in total. The van der Waals surface area contributed by atoms with Gasteiger partial charge in [0.1, 0.15) is 0 Å². The Kier molecular flexibility index (Phi) is 7.33. The molecule has 3 rings (SSSR count). The molecular weight excluding hydrogens is 400 g/mol. The normalized spacial score (nSPS) is 24.1. The Labute approximate surface area is 164 Å². The second-order valence-corrected chi connectivity index (χ2v) is 6.94. The summed E-state index contributed by atoms with van der Waals surface area (Å²) >= 11 is 0. The van der Waals surface area contributed by atoms with Crippen LogP contribution >= 0.6 is 0 Å². The first-order chi connectivity index (χ1) is 13.5. The van der Waals surface area contributed by atoms with Crippen LogP contribution in [-0.4, -0.2) is 77.9 Å². The van der Waals surface area contributed by atoms with E-state index in [0.717, 1.165) is 19.4 Å². The first-order valence-corrected chi connectivity index (χ1v) is 8.86. The molecule has 3 atom stereocenters. The van der Waals surface area contributed by atoms with Crippen molar-refractivity contribution in [2.45, 2.75) is 25.1 Å². The van der Waals surface area contributed by atoms with E-state index in [4.69, 9.17) is 14.6 Å². The molecule has 2 saturated heterocycles. The molecule has 0 unspecified atom stereocenters. The van der Waals surface area contributed by atoms with Crippen molar-refractivity contribution < 1.29 is 37.0 Å². The highest BCUT2D eigenvalue weighted by molar-refractivity contribution is 5.79. The number of carboxylic acid groups (broad SMARTS) is 1. The highest BCUT2D eigenvalue weighted by atomic mass is 19.4. The number of carbonyl (C=O) groups excluding carboxylic acids is 1. The van der Waals surface area contributed by atoms with Crippen LogP contribution in [-0.2, 0) is 14.3 Å². The monoisotopic (exact) mass is 422 g/mol. The lowest BCUT2D eigenvalue weighted by Crippen LogP contribution is -2.53. The van der Waals surface area contributed by atoms with Crippen molar-refractivity contribution in [1.82, 2.24) is 14.9 Å². The van der Waals surface area contributed by atoms with Crippen molar-refractivity contribution in [3.05, 3.63) is 18.2 Å². The number of fused-ring (bicyclic) bond motifs is 1. The Bertz CT molecular complexity index is 714. The van der Waals surface area contributed by atoms with Crippen molar-refractivity contribution in [3.63, 3.8) is 0 Å². The van der Waals surface area contributed by atoms with Gasteiger partial charge in [0.25, 0.3) is 0 Å². The fourth-order valence-electron chi connectivity index (χ4n) is 3.40. The Morgan fingerprint density at radius 1 is 1.24 bits per heavy atom. The maximum atomic E-state index is 13.0. The number of piperidine rings is 1. The van der Waals surface area contributed by atoms with E-state index in [0.29, 0.717) is 19.1 Å². The maximum Gasteiger partial charge on any atom is 0.490 e. The third-order valence-electron chi connectivity index (χ3n) is 4.76. The fraction of sp³-hybridized carbons (Fsp3) is 0.647. The Morgan fingerprint density at radius 2 is 1.83 bits per heavy atom. The van der Waals surface area contributed by atoms with Gasteiger partial charge in [0.05, 0.1) is 18.5 Å². The summed E-state index contributed by atoms with van der Waals surface area (Å²) in [7, 11) is 3.58. The zero-order chi connectivity index (χ0) is 21.8. The molecule has 0 spiro atoms. The average molecular weight is 422 g/mol. The number of hydrogen-bond acceptors (Lipinski definition) is 6. The number of hydrogen-bond donors (Lipinski definition) is 1. The van der Waals surface area contributed by atoms with Gasteiger partial charge in [0.2, 0.25) is 11.9 Å². The second kappa shape index (κ2) is 9.33. The van der Waals surface area contributed by atoms with Crippen LogP contribution in [0.1, 0.15) is 12.8 Å². The van der Waals surface area contributed by atoms with Gasteiger partial charge in [0, 0.05) is 45.6 Å². The van der Waals surface area contributed by atoms with Gasteiger partial charge >= 0.3 is 12.1 Å². The average Bonchev–Trinajstić information content (AvgIpc) is 2.66. The minimum Gasteiger partial charge on any atom is -0.475 e. The first kappa shape index (κ1) is 22.8. The summed E-state index contributed by atoms with van der Waals surface area (Å²) in [6, 6.07) is 0. The molecule has 1 amide bonds. The molecule has 1 aromatic heterocycles. The van der Waals surface area contributed by atoms with E-state index in [-0.39, 0.29) is 23.8 Å². The van der Waals surface area contributed by atoms with Gasteiger partial charge in [-0.3, -0.25) is 4.79 Å². The highest BCUT2D eigenvalue weighted by Crippen LogP contribution is 2.34. The van der Waals surface area contributed by atoms with Crippen LogP contribution in [0.25, 0.3) is 0 Å². The minimum atomic E-state index is -5.08. The van der Waals surface area contributed by atoms with Crippen molar-refractivity contribution in [1.29, 1.82) is 0 Å². The molecule has 12 heteroatoms. The molecule has 0 radical (unpaired) electrons. The standard InChI is InChI=1S/C15H21FN4O2.C2HF3O2/c1-19(2)14(21)11-4-6-22-13-3-5-20(9-12(11)13)15-17-7-10(16)8-18-15;3-2(4,5)1(6)7/h7-8,11-13H,3-6,9H2,1-2H3;(H,6,7)/t11-,12+,13-;/m1./s1. The summed E-state index contributed by atoms with van der Waals surface area (Å²) in [5, 5.41) is 7.12. The largest absolute Gasteiger partial charge is 0.490 e. The number of alkyl halides is 3. The van der Waals surface area contributed by atoms with E-state index < -0.39 is 18.0 Å². The van der Waals surface area contributed by atoms with Crippen LogP contribution in [0.2, 0.25) is 0 Å². The summed E-state index contributed by atoms with van der Waals surface area (Å²) < 4.78 is 50.5. The summed E-state index contributed by atoms with van der Waals surface area (Å²) in [5.74, 6) is -2.43. The zero-order valence-corrected chi connectivity index (χ0v) is 15.9. The van der Waals surface area contributed by atoms with Gasteiger partial charge in [-0.1, -0.05) is 0 Å². The zero-order valence-electron chi connectivity index (χ0n) is 15.9. The van der Waals surface area contributed by atoms with Crippen molar-refractivity contribution in [2.75, 3.05) is 38.7 Å². The number of rotatable bonds is 2. The molecule has 2 aliphatic heterocycles. The Balaban J connectivity index is 0.000000370. The van der Waals surface area contributed by atoms with E-state index >= 15 is 0 Å². The van der Waals surface area contributed by atoms with E-state index in [1.807, 2.05) is 4.90 Å². The summed E-state index contributed by atoms with van der Waals surface area (Å²) in [4.78, 5) is 33.1. The lowest BCUT2D eigenvalue weighted by Gasteiger charge is -2.45. The molecule has 0 bridgehead atoms. The van der Waals surface area contributed by atoms with Crippen LogP contribution in [0, 0.1) is 17.7 Å². The van der Waals surface area contributed by atoms with Crippen LogP contribution in [0.4, 0.5) is 23.5 Å². The second-order valence-electron chi connectivity index (χ2n) is 6.94. The predicted molar refractivity (Wildman–Crippen MR) is 92.5 cm³/mol. The van der Waals surface area contributed by atoms with Gasteiger partial charge in [0.15, 0.2) is 5.82 Å². The molecule has 0 aromatic carbocycles. The van der Waals surface area contributed by atoms with Crippen LogP contribution in [0.3, 0.4) is 0 Å². The quantitative estimate of drug-likeness (QED) is 0.723. The Morgan fingerprint density at radius 3 is 2.34 bits per heavy atom. The topological polar surface area (TPSA) is 95.9 Å². The lowest BCUT2D eigenvalue weighted by atomic mass is 9.79. The molecule has 8 nitrogen and oxygen atoms in total. The van der Waals surface area contributed by atoms with E-state index in [1.165, 1.54) is 12.4 Å². The van der Waals surface area contributed by atoms with E-state index in [9.17, 15) is 22.4 Å². The molecule has 2 fully saturated rings. The number of nitrogens with zero attached hydrogens (tertiary/aromatic N) is 4. The molecule has 29 heavy (non-hydrogen) atoms. The third-order valence-corrected chi connectivity index (χ3v) is 4.76. The number of aliphatic carboxylic acids is 1. The number of halogens is 4. The van der Waals surface area contributed by atoms with Gasteiger partial charge < -0.3 is 19.6 Å². The van der Waals surface area contributed by atoms with Gasteiger partial charge in [-0.2, -0.15) is 13.2 Å². The van der Waals surface area contributed by atoms with Gasteiger partial charge in [-0.25, -0.2) is 19.2 Å². The smallest absolute Gasteiger partial charge is 0.475 e. The van der Waals surface area contributed by atoms with E-state index in [2.05, 4.69) is 9.97 Å². The molecule has 0 aliphatic carbocycles. The summed E-state index contributed by atoms with van der Waals surface area (Å²) in [5.41, 5.74) is 0. The summed E-state index contributed by atoms with van der Waals surface area (Å²) in [6.45, 7) is 2.06. The third kappa shape index (κ3) is 5.99. The SMILES string of the molecule is CN(C)C(=O)[C@@H]1CCO[C@@H]2CCN(c3ncc(F)cn3)C[C@H]21.O=C(O)C(F)(F)F. The molecule has 162 valence electrons. The number of ether oxygens (including phenoxy) is 1. The van der Waals surface area contributed by atoms with Gasteiger partial charge in [-0.05, 0) is 12.8 Å². The first-order valence-electron chi connectivity index (χ1n) is 8.86. The number of aromatic nitrogens is 2. The van der Waals surface area contributed by atoms with Crippen molar-refractivity contribution in [2.24, 2.45) is 11.8 Å². The molecule has 0 saturated carbocycles.